The molecule has 0 unspecified atom stereocenters. The lowest BCUT2D eigenvalue weighted by Gasteiger charge is -2.27. The van der Waals surface area contributed by atoms with Crippen molar-refractivity contribution in [2.45, 2.75) is 6.92 Å². The molecule has 1 fully saturated rings. The summed E-state index contributed by atoms with van der Waals surface area (Å²) in [5.74, 6) is 1.81. The third-order valence-electron chi connectivity index (χ3n) is 2.45. The number of aromatic nitrogens is 2. The van der Waals surface area contributed by atoms with E-state index >= 15 is 0 Å². The number of piperazine rings is 1. The summed E-state index contributed by atoms with van der Waals surface area (Å²) in [6.45, 7) is 6.99. The minimum atomic E-state index is 0.844. The van der Waals surface area contributed by atoms with Crippen LogP contribution in [0.1, 0.15) is 6.92 Å². The van der Waals surface area contributed by atoms with Crippen molar-refractivity contribution in [3.05, 3.63) is 12.1 Å². The zero-order valence-corrected chi connectivity index (χ0v) is 9.03. The molecule has 1 saturated heterocycles. The van der Waals surface area contributed by atoms with Gasteiger partial charge in [0.05, 0.1) is 0 Å². The van der Waals surface area contributed by atoms with Crippen LogP contribution in [-0.2, 0) is 0 Å². The molecule has 15 heavy (non-hydrogen) atoms. The van der Waals surface area contributed by atoms with Gasteiger partial charge in [0.15, 0.2) is 5.82 Å². The van der Waals surface area contributed by atoms with E-state index in [9.17, 15) is 0 Å². The van der Waals surface area contributed by atoms with Crippen molar-refractivity contribution >= 4 is 11.6 Å². The fourth-order valence-corrected chi connectivity index (χ4v) is 1.66. The first-order valence-corrected chi connectivity index (χ1v) is 5.43. The fraction of sp³-hybridized carbons (Fsp3) is 0.600. The summed E-state index contributed by atoms with van der Waals surface area (Å²) in [5, 5.41) is 14.8. The predicted octanol–water partition coefficient (Wildman–Crippen LogP) is 0.318. The highest BCUT2D eigenvalue weighted by molar-refractivity contribution is 5.43. The molecule has 0 saturated carbocycles. The van der Waals surface area contributed by atoms with Crippen molar-refractivity contribution in [3.8, 4) is 0 Å². The number of hydrogen-bond acceptors (Lipinski definition) is 5. The second-order valence-electron chi connectivity index (χ2n) is 3.54. The van der Waals surface area contributed by atoms with Crippen molar-refractivity contribution in [1.29, 1.82) is 0 Å². The molecule has 5 nitrogen and oxygen atoms in total. The Morgan fingerprint density at radius 1 is 1.33 bits per heavy atom. The third-order valence-corrected chi connectivity index (χ3v) is 2.45. The van der Waals surface area contributed by atoms with Crippen LogP contribution >= 0.6 is 0 Å². The largest absolute Gasteiger partial charge is 0.369 e. The van der Waals surface area contributed by atoms with Gasteiger partial charge in [0.25, 0.3) is 0 Å². The second-order valence-corrected chi connectivity index (χ2v) is 3.54. The molecule has 0 radical (unpaired) electrons. The van der Waals surface area contributed by atoms with Gasteiger partial charge in [-0.05, 0) is 19.1 Å². The Bertz CT molecular complexity index is 291. The smallest absolute Gasteiger partial charge is 0.151 e. The monoisotopic (exact) mass is 207 g/mol. The average molecular weight is 207 g/mol. The summed E-state index contributed by atoms with van der Waals surface area (Å²) >= 11 is 0. The standard InChI is InChI=1S/C10H17N5/c1-2-12-9-3-4-10(14-13-9)15-7-5-11-6-8-15/h3-4,11H,2,5-8H2,1H3,(H,12,13). The number of rotatable bonds is 3. The molecule has 1 aromatic heterocycles. The molecule has 82 valence electrons. The molecular formula is C10H17N5. The third kappa shape index (κ3) is 2.56. The van der Waals surface area contributed by atoms with E-state index in [1.54, 1.807) is 0 Å². The van der Waals surface area contributed by atoms with Crippen LogP contribution in [0, 0.1) is 0 Å². The van der Waals surface area contributed by atoms with Crippen LogP contribution in [0.4, 0.5) is 11.6 Å². The first-order chi connectivity index (χ1) is 7.40. The summed E-state index contributed by atoms with van der Waals surface area (Å²) in [7, 11) is 0. The zero-order chi connectivity index (χ0) is 10.5. The highest BCUT2D eigenvalue weighted by Gasteiger charge is 2.11. The molecule has 0 spiro atoms. The van der Waals surface area contributed by atoms with E-state index in [4.69, 9.17) is 0 Å². The molecular weight excluding hydrogens is 190 g/mol. The van der Waals surface area contributed by atoms with Crippen LogP contribution in [0.3, 0.4) is 0 Å². The molecule has 2 N–H and O–H groups in total. The molecule has 0 aliphatic carbocycles. The van der Waals surface area contributed by atoms with E-state index in [1.165, 1.54) is 0 Å². The van der Waals surface area contributed by atoms with Gasteiger partial charge < -0.3 is 15.5 Å². The molecule has 5 heteroatoms. The van der Waals surface area contributed by atoms with Crippen LogP contribution in [0.5, 0.6) is 0 Å². The molecule has 1 aliphatic rings. The molecule has 0 atom stereocenters. The van der Waals surface area contributed by atoms with Crippen molar-refractivity contribution in [1.82, 2.24) is 15.5 Å². The summed E-state index contributed by atoms with van der Waals surface area (Å²) in [6.07, 6.45) is 0. The van der Waals surface area contributed by atoms with Crippen molar-refractivity contribution in [3.63, 3.8) is 0 Å². The van der Waals surface area contributed by atoms with Crippen LogP contribution in [0.15, 0.2) is 12.1 Å². The Morgan fingerprint density at radius 3 is 2.73 bits per heavy atom. The molecule has 0 bridgehead atoms. The van der Waals surface area contributed by atoms with Gasteiger partial charge in [0.2, 0.25) is 0 Å². The molecule has 1 aromatic rings. The van der Waals surface area contributed by atoms with Gasteiger partial charge in [-0.2, -0.15) is 0 Å². The predicted molar refractivity (Wildman–Crippen MR) is 61.3 cm³/mol. The lowest BCUT2D eigenvalue weighted by Crippen LogP contribution is -2.43. The van der Waals surface area contributed by atoms with Gasteiger partial charge in [-0.15, -0.1) is 10.2 Å². The average Bonchev–Trinajstić information content (AvgIpc) is 2.32. The second kappa shape index (κ2) is 4.93. The maximum atomic E-state index is 4.21. The van der Waals surface area contributed by atoms with E-state index in [0.29, 0.717) is 0 Å². The summed E-state index contributed by atoms with van der Waals surface area (Å²) in [4.78, 5) is 2.25. The topological polar surface area (TPSA) is 53.1 Å². The van der Waals surface area contributed by atoms with Gasteiger partial charge in [0, 0.05) is 32.7 Å². The maximum Gasteiger partial charge on any atom is 0.151 e. The zero-order valence-electron chi connectivity index (χ0n) is 9.03. The summed E-state index contributed by atoms with van der Waals surface area (Å²) in [6, 6.07) is 4.00. The lowest BCUT2D eigenvalue weighted by molar-refractivity contribution is 0.583. The minimum absolute atomic E-state index is 0.844. The van der Waals surface area contributed by atoms with Crippen LogP contribution < -0.4 is 15.5 Å². The number of nitrogens with one attached hydrogen (secondary N) is 2. The normalized spacial score (nSPS) is 16.5. The molecule has 2 rings (SSSR count). The summed E-state index contributed by atoms with van der Waals surface area (Å²) in [5.41, 5.74) is 0. The van der Waals surface area contributed by atoms with Gasteiger partial charge in [-0.1, -0.05) is 0 Å². The molecule has 1 aliphatic heterocycles. The van der Waals surface area contributed by atoms with E-state index < -0.39 is 0 Å². The maximum absolute atomic E-state index is 4.21. The quantitative estimate of drug-likeness (QED) is 0.747. The van der Waals surface area contributed by atoms with Crippen molar-refractivity contribution < 1.29 is 0 Å². The highest BCUT2D eigenvalue weighted by atomic mass is 15.3. The molecule has 0 aromatic carbocycles. The Balaban J connectivity index is 2.02. The number of nitrogens with zero attached hydrogens (tertiary/aromatic N) is 3. The Labute approximate surface area is 89.9 Å². The van der Waals surface area contributed by atoms with Crippen LogP contribution in [-0.4, -0.2) is 42.9 Å². The van der Waals surface area contributed by atoms with E-state index in [1.807, 2.05) is 19.1 Å². The Morgan fingerprint density at radius 2 is 2.13 bits per heavy atom. The van der Waals surface area contributed by atoms with Gasteiger partial charge in [-0.25, -0.2) is 0 Å². The van der Waals surface area contributed by atoms with Gasteiger partial charge >= 0.3 is 0 Å². The van der Waals surface area contributed by atoms with Crippen molar-refractivity contribution in [2.75, 3.05) is 42.9 Å². The highest BCUT2D eigenvalue weighted by Crippen LogP contribution is 2.11. The van der Waals surface area contributed by atoms with Crippen LogP contribution in [0.2, 0.25) is 0 Å². The molecule has 2 heterocycles. The van der Waals surface area contributed by atoms with E-state index in [2.05, 4.69) is 25.7 Å². The van der Waals surface area contributed by atoms with E-state index in [0.717, 1.165) is 44.4 Å². The number of anilines is 2. The minimum Gasteiger partial charge on any atom is -0.369 e. The first-order valence-electron chi connectivity index (χ1n) is 5.43. The summed E-state index contributed by atoms with van der Waals surface area (Å²) < 4.78 is 0. The fourth-order valence-electron chi connectivity index (χ4n) is 1.66. The lowest BCUT2D eigenvalue weighted by atomic mass is 10.3. The number of hydrogen-bond donors (Lipinski definition) is 2. The van der Waals surface area contributed by atoms with E-state index in [-0.39, 0.29) is 0 Å². The Kier molecular flexibility index (Phi) is 3.34. The SMILES string of the molecule is CCNc1ccc(N2CCNCC2)nn1. The van der Waals surface area contributed by atoms with Gasteiger partial charge in [0.1, 0.15) is 5.82 Å². The van der Waals surface area contributed by atoms with Crippen LogP contribution in [0.25, 0.3) is 0 Å². The first kappa shape index (κ1) is 10.2. The van der Waals surface area contributed by atoms with Gasteiger partial charge in [-0.3, -0.25) is 0 Å². The Hall–Kier alpha value is -1.36. The molecule has 0 amide bonds. The van der Waals surface area contributed by atoms with Crippen molar-refractivity contribution in [2.24, 2.45) is 0 Å².